The number of rotatable bonds is 5. The summed E-state index contributed by atoms with van der Waals surface area (Å²) < 4.78 is 1.60. The van der Waals surface area contributed by atoms with Crippen molar-refractivity contribution in [3.63, 3.8) is 0 Å². The Balaban J connectivity index is 1.73. The van der Waals surface area contributed by atoms with Gasteiger partial charge in [-0.05, 0) is 31.2 Å². The van der Waals surface area contributed by atoms with Crippen LogP contribution in [0.1, 0.15) is 21.5 Å². The molecule has 0 aliphatic carbocycles. The molecule has 1 N–H and O–H groups in total. The quantitative estimate of drug-likeness (QED) is 0.492. The number of benzene rings is 2. The van der Waals surface area contributed by atoms with Gasteiger partial charge >= 0.3 is 0 Å². The largest absolute Gasteiger partial charge is 0.319 e. The van der Waals surface area contributed by atoms with Crippen molar-refractivity contribution >= 4 is 40.5 Å². The Kier molecular flexibility index (Phi) is 5.43. The molecule has 2 aromatic carbocycles. The van der Waals surface area contributed by atoms with Gasteiger partial charge < -0.3 is 5.32 Å². The van der Waals surface area contributed by atoms with Crippen molar-refractivity contribution in [3.05, 3.63) is 85.6 Å². The molecule has 9 heteroatoms. The molecule has 0 atom stereocenters. The van der Waals surface area contributed by atoms with Crippen molar-refractivity contribution in [2.75, 3.05) is 5.32 Å². The van der Waals surface area contributed by atoms with Gasteiger partial charge in [0.1, 0.15) is 0 Å². The zero-order valence-electron chi connectivity index (χ0n) is 14.1. The number of anilines is 1. The summed E-state index contributed by atoms with van der Waals surface area (Å²) in [6, 6.07) is 9.44. The molecule has 0 radical (unpaired) electrons. The van der Waals surface area contributed by atoms with Gasteiger partial charge in [-0.25, -0.2) is 0 Å². The maximum atomic E-state index is 12.4. The fourth-order valence-corrected chi connectivity index (χ4v) is 3.08. The second-order valence-corrected chi connectivity index (χ2v) is 6.65. The third kappa shape index (κ3) is 4.27. The highest BCUT2D eigenvalue weighted by atomic mass is 35.5. The van der Waals surface area contributed by atoms with E-state index in [1.807, 2.05) is 0 Å². The molecule has 0 fully saturated rings. The minimum atomic E-state index is -0.485. The molecule has 7 nitrogen and oxygen atoms in total. The third-order valence-electron chi connectivity index (χ3n) is 3.93. The number of aryl methyl sites for hydroxylation is 1. The van der Waals surface area contributed by atoms with Crippen molar-refractivity contribution in [3.8, 4) is 0 Å². The van der Waals surface area contributed by atoms with E-state index in [1.54, 1.807) is 36.0 Å². The predicted octanol–water partition coefficient (Wildman–Crippen LogP) is 4.71. The van der Waals surface area contributed by atoms with Crippen LogP contribution in [0.15, 0.2) is 48.8 Å². The van der Waals surface area contributed by atoms with Gasteiger partial charge in [0.25, 0.3) is 11.6 Å². The van der Waals surface area contributed by atoms with Crippen LogP contribution >= 0.6 is 23.2 Å². The molecular formula is C18H14Cl2N4O3. The summed E-state index contributed by atoms with van der Waals surface area (Å²) in [7, 11) is 0. The number of aromatic nitrogens is 2. The molecule has 0 saturated heterocycles. The Bertz CT molecular complexity index is 1010. The molecule has 3 aromatic rings. The lowest BCUT2D eigenvalue weighted by molar-refractivity contribution is -0.385. The number of nitro groups is 1. The van der Waals surface area contributed by atoms with Crippen LogP contribution in [0, 0.1) is 17.0 Å². The summed E-state index contributed by atoms with van der Waals surface area (Å²) in [5.74, 6) is -0.386. The first-order valence-corrected chi connectivity index (χ1v) is 8.62. The highest BCUT2D eigenvalue weighted by Crippen LogP contribution is 2.25. The number of hydrogen-bond acceptors (Lipinski definition) is 4. The molecule has 0 unspecified atom stereocenters. The van der Waals surface area contributed by atoms with E-state index in [1.165, 1.54) is 24.4 Å². The third-order valence-corrected chi connectivity index (χ3v) is 4.64. The van der Waals surface area contributed by atoms with Crippen LogP contribution in [0.4, 0.5) is 11.4 Å². The average Bonchev–Trinajstić information content (AvgIpc) is 3.05. The number of nitrogens with one attached hydrogen (secondary N) is 1. The Morgan fingerprint density at radius 1 is 1.26 bits per heavy atom. The first kappa shape index (κ1) is 18.9. The van der Waals surface area contributed by atoms with Crippen LogP contribution in [0.2, 0.25) is 10.0 Å². The summed E-state index contributed by atoms with van der Waals surface area (Å²) in [6.45, 7) is 1.94. The Labute approximate surface area is 164 Å². The molecule has 1 amide bonds. The van der Waals surface area contributed by atoms with Gasteiger partial charge in [0, 0.05) is 39.0 Å². The normalized spacial score (nSPS) is 10.6. The smallest absolute Gasteiger partial charge is 0.272 e. The van der Waals surface area contributed by atoms with E-state index in [2.05, 4.69) is 10.4 Å². The minimum absolute atomic E-state index is 0.0315. The van der Waals surface area contributed by atoms with E-state index in [-0.39, 0.29) is 11.6 Å². The predicted molar refractivity (Wildman–Crippen MR) is 104 cm³/mol. The number of nitro benzene ring substituents is 1. The number of carbonyl (C=O) groups excluding carboxylic acids is 1. The average molecular weight is 405 g/mol. The lowest BCUT2D eigenvalue weighted by Gasteiger charge is -2.07. The number of carbonyl (C=O) groups is 1. The highest BCUT2D eigenvalue weighted by Gasteiger charge is 2.15. The molecule has 3 rings (SSSR count). The number of halogens is 2. The van der Waals surface area contributed by atoms with Crippen LogP contribution in [-0.4, -0.2) is 20.6 Å². The molecule has 0 aliphatic heterocycles. The van der Waals surface area contributed by atoms with Gasteiger partial charge in [-0.3, -0.25) is 19.6 Å². The lowest BCUT2D eigenvalue weighted by atomic mass is 10.1. The van der Waals surface area contributed by atoms with Crippen LogP contribution in [-0.2, 0) is 6.54 Å². The van der Waals surface area contributed by atoms with Crippen molar-refractivity contribution in [2.45, 2.75) is 13.5 Å². The van der Waals surface area contributed by atoms with Crippen molar-refractivity contribution in [2.24, 2.45) is 0 Å². The van der Waals surface area contributed by atoms with E-state index in [0.29, 0.717) is 33.4 Å². The standard InChI is InChI=1S/C18H14Cl2N4O3/c1-11-7-12(5-6-17(11)24(26)27)18(25)22-13-8-21-23(9-13)10-14-15(19)3-2-4-16(14)20/h2-9H,10H2,1H3,(H,22,25). The molecule has 0 bridgehead atoms. The lowest BCUT2D eigenvalue weighted by Crippen LogP contribution is -2.12. The Morgan fingerprint density at radius 3 is 2.59 bits per heavy atom. The second kappa shape index (κ2) is 7.77. The molecular weight excluding hydrogens is 391 g/mol. The van der Waals surface area contributed by atoms with Gasteiger partial charge in [-0.2, -0.15) is 5.10 Å². The van der Waals surface area contributed by atoms with E-state index >= 15 is 0 Å². The molecule has 0 saturated carbocycles. The van der Waals surface area contributed by atoms with Gasteiger partial charge in [-0.1, -0.05) is 29.3 Å². The van der Waals surface area contributed by atoms with Crippen LogP contribution in [0.5, 0.6) is 0 Å². The fourth-order valence-electron chi connectivity index (χ4n) is 2.56. The van der Waals surface area contributed by atoms with Crippen molar-refractivity contribution in [1.82, 2.24) is 9.78 Å². The fraction of sp³-hybridized carbons (Fsp3) is 0.111. The zero-order chi connectivity index (χ0) is 19.6. The maximum Gasteiger partial charge on any atom is 0.272 e. The number of nitrogens with zero attached hydrogens (tertiary/aromatic N) is 3. The molecule has 0 aliphatic rings. The maximum absolute atomic E-state index is 12.4. The topological polar surface area (TPSA) is 90.1 Å². The van der Waals surface area contributed by atoms with Crippen LogP contribution in [0.3, 0.4) is 0 Å². The van der Waals surface area contributed by atoms with Gasteiger partial charge in [0.05, 0.1) is 23.4 Å². The highest BCUT2D eigenvalue weighted by molar-refractivity contribution is 6.35. The van der Waals surface area contributed by atoms with Gasteiger partial charge in [-0.15, -0.1) is 0 Å². The van der Waals surface area contributed by atoms with E-state index < -0.39 is 4.92 Å². The van der Waals surface area contributed by atoms with E-state index in [9.17, 15) is 14.9 Å². The first-order chi connectivity index (χ1) is 12.8. The first-order valence-electron chi connectivity index (χ1n) is 7.87. The molecule has 138 valence electrons. The molecule has 1 heterocycles. The van der Waals surface area contributed by atoms with Gasteiger partial charge in [0.15, 0.2) is 0 Å². The Morgan fingerprint density at radius 2 is 1.96 bits per heavy atom. The SMILES string of the molecule is Cc1cc(C(=O)Nc2cnn(Cc3c(Cl)cccc3Cl)c2)ccc1[N+](=O)[O-]. The molecule has 0 spiro atoms. The monoisotopic (exact) mass is 404 g/mol. The molecule has 1 aromatic heterocycles. The van der Waals surface area contributed by atoms with E-state index in [0.717, 1.165) is 5.56 Å². The van der Waals surface area contributed by atoms with Crippen LogP contribution < -0.4 is 5.32 Å². The summed E-state index contributed by atoms with van der Waals surface area (Å²) in [5.41, 5.74) is 1.92. The van der Waals surface area contributed by atoms with Crippen molar-refractivity contribution in [1.29, 1.82) is 0 Å². The number of amides is 1. The zero-order valence-corrected chi connectivity index (χ0v) is 15.7. The number of hydrogen-bond donors (Lipinski definition) is 1. The second-order valence-electron chi connectivity index (χ2n) is 5.84. The summed E-state index contributed by atoms with van der Waals surface area (Å²) in [6.07, 6.45) is 3.15. The Hall–Kier alpha value is -2.90. The van der Waals surface area contributed by atoms with Crippen molar-refractivity contribution < 1.29 is 9.72 Å². The van der Waals surface area contributed by atoms with Gasteiger partial charge in [0.2, 0.25) is 0 Å². The summed E-state index contributed by atoms with van der Waals surface area (Å²) in [5, 5.41) is 18.8. The van der Waals surface area contributed by atoms with E-state index in [4.69, 9.17) is 23.2 Å². The minimum Gasteiger partial charge on any atom is -0.319 e. The molecule has 27 heavy (non-hydrogen) atoms. The summed E-state index contributed by atoms with van der Waals surface area (Å²) >= 11 is 12.3. The summed E-state index contributed by atoms with van der Waals surface area (Å²) in [4.78, 5) is 22.7. The van der Waals surface area contributed by atoms with Crippen LogP contribution in [0.25, 0.3) is 0 Å².